The Balaban J connectivity index is 1.77. The normalized spacial score (nSPS) is 27.4. The van der Waals surface area contributed by atoms with Crippen molar-refractivity contribution < 1.29 is 24.2 Å². The number of aliphatic hydroxyl groups is 1. The van der Waals surface area contributed by atoms with Crippen molar-refractivity contribution in [3.8, 4) is 0 Å². The number of carbonyl (C=O) groups excluding carboxylic acids is 3. The molecule has 3 aliphatic heterocycles. The van der Waals surface area contributed by atoms with E-state index in [1.807, 2.05) is 39.0 Å². The molecule has 1 spiro atoms. The molecule has 1 aromatic carbocycles. The van der Waals surface area contributed by atoms with E-state index in [0.717, 1.165) is 23.2 Å². The molecule has 2 bridgehead atoms. The summed E-state index contributed by atoms with van der Waals surface area (Å²) in [5.74, 6) is -1.94. The Bertz CT molecular complexity index is 1100. The van der Waals surface area contributed by atoms with Gasteiger partial charge in [-0.15, -0.1) is 13.2 Å². The van der Waals surface area contributed by atoms with Crippen LogP contribution in [0.15, 0.2) is 43.5 Å². The van der Waals surface area contributed by atoms with Crippen molar-refractivity contribution in [1.29, 1.82) is 0 Å². The Morgan fingerprint density at radius 1 is 1.21 bits per heavy atom. The number of aryl methyl sites for hydroxylation is 2. The number of hydrogen-bond donors (Lipinski definition) is 1. The first-order chi connectivity index (χ1) is 18.2. The Labute approximate surface area is 225 Å². The zero-order valence-electron chi connectivity index (χ0n) is 22.9. The number of aliphatic hydroxyl groups excluding tert-OH is 1. The molecule has 2 unspecified atom stereocenters. The van der Waals surface area contributed by atoms with Gasteiger partial charge in [0.1, 0.15) is 11.6 Å². The zero-order chi connectivity index (χ0) is 27.6. The first-order valence-electron chi connectivity index (χ1n) is 13.7. The van der Waals surface area contributed by atoms with Gasteiger partial charge in [0, 0.05) is 38.5 Å². The van der Waals surface area contributed by atoms with Gasteiger partial charge >= 0.3 is 0 Å². The quantitative estimate of drug-likeness (QED) is 0.426. The molecular formula is C30H41N3O5. The number of hydrogen-bond acceptors (Lipinski definition) is 5. The van der Waals surface area contributed by atoms with Crippen LogP contribution in [0.2, 0.25) is 0 Å². The second-order valence-electron chi connectivity index (χ2n) is 10.8. The van der Waals surface area contributed by atoms with E-state index >= 15 is 0 Å². The maximum absolute atomic E-state index is 14.5. The van der Waals surface area contributed by atoms with E-state index in [-0.39, 0.29) is 37.4 Å². The molecule has 0 aliphatic carbocycles. The summed E-state index contributed by atoms with van der Waals surface area (Å²) in [7, 11) is 0. The van der Waals surface area contributed by atoms with Gasteiger partial charge in [-0.3, -0.25) is 14.4 Å². The number of ether oxygens (including phenoxy) is 1. The molecule has 0 saturated carbocycles. The minimum atomic E-state index is -1.07. The summed E-state index contributed by atoms with van der Waals surface area (Å²) in [6, 6.07) is 5.07. The number of carbonyl (C=O) groups is 3. The molecule has 0 aromatic heterocycles. The maximum atomic E-state index is 14.5. The third-order valence-corrected chi connectivity index (χ3v) is 8.26. The summed E-state index contributed by atoms with van der Waals surface area (Å²) < 4.78 is 6.58. The van der Waals surface area contributed by atoms with E-state index < -0.39 is 29.6 Å². The zero-order valence-corrected chi connectivity index (χ0v) is 22.9. The fraction of sp³-hybridized carbons (Fsp3) is 0.567. The highest BCUT2D eigenvalue weighted by Crippen LogP contribution is 2.59. The smallest absolute Gasteiger partial charge is 0.253 e. The third-order valence-electron chi connectivity index (χ3n) is 8.26. The first-order valence-corrected chi connectivity index (χ1v) is 13.7. The predicted octanol–water partition coefficient (Wildman–Crippen LogP) is 3.00. The van der Waals surface area contributed by atoms with Crippen molar-refractivity contribution >= 4 is 23.4 Å². The van der Waals surface area contributed by atoms with Gasteiger partial charge in [0.05, 0.1) is 17.9 Å². The van der Waals surface area contributed by atoms with E-state index in [2.05, 4.69) is 13.2 Å². The number of anilines is 1. The number of benzene rings is 1. The molecule has 8 heteroatoms. The molecule has 3 fully saturated rings. The molecule has 38 heavy (non-hydrogen) atoms. The van der Waals surface area contributed by atoms with Gasteiger partial charge in [0.2, 0.25) is 11.8 Å². The van der Waals surface area contributed by atoms with Crippen LogP contribution in [-0.4, -0.2) is 83.2 Å². The molecule has 0 radical (unpaired) electrons. The van der Waals surface area contributed by atoms with Crippen molar-refractivity contribution in [3.05, 3.63) is 54.6 Å². The molecule has 8 nitrogen and oxygen atoms in total. The highest BCUT2D eigenvalue weighted by Gasteiger charge is 2.74. The van der Waals surface area contributed by atoms with Gasteiger partial charge in [-0.25, -0.2) is 0 Å². The standard InChI is InChI=1S/C30H41N3O5/c1-6-14-31(15-7-2)27(35)24-23-12-13-30(38-23)25(24)28(36)33(17-9-18-34)26(30)29(37)32(16-8-3)22-19-20(4)10-11-21(22)5/h6,8,10-11,19,23-26,34H,1,3,7,9,12-18H2,2,4-5H3/t23-,24+,25+,26?,30?/m1/s1. The second-order valence-corrected chi connectivity index (χ2v) is 10.8. The van der Waals surface area contributed by atoms with E-state index in [4.69, 9.17) is 4.74 Å². The molecule has 4 rings (SSSR count). The molecule has 3 amide bonds. The number of nitrogens with zero attached hydrogens (tertiary/aromatic N) is 3. The molecule has 3 saturated heterocycles. The maximum Gasteiger partial charge on any atom is 0.253 e. The van der Waals surface area contributed by atoms with Crippen LogP contribution < -0.4 is 4.90 Å². The van der Waals surface area contributed by atoms with E-state index in [9.17, 15) is 19.5 Å². The SMILES string of the molecule is C=CCN(CCC)C(=O)[C@@H]1[C@H]2C(=O)N(CCCO)C(C(=O)N(CC=C)c3cc(C)ccc3C)C23CC[C@H]1O3. The minimum absolute atomic E-state index is 0.106. The van der Waals surface area contributed by atoms with Crippen molar-refractivity contribution in [2.75, 3.05) is 37.7 Å². The molecule has 206 valence electrons. The lowest BCUT2D eigenvalue weighted by atomic mass is 9.70. The fourth-order valence-corrected chi connectivity index (χ4v) is 6.72. The molecule has 3 aliphatic rings. The van der Waals surface area contributed by atoms with Crippen molar-refractivity contribution in [3.63, 3.8) is 0 Å². The second kappa shape index (κ2) is 11.4. The lowest BCUT2D eigenvalue weighted by Crippen LogP contribution is -2.57. The monoisotopic (exact) mass is 523 g/mol. The van der Waals surface area contributed by atoms with Crippen molar-refractivity contribution in [2.45, 2.75) is 64.2 Å². The molecular weight excluding hydrogens is 482 g/mol. The van der Waals surface area contributed by atoms with Crippen LogP contribution >= 0.6 is 0 Å². The Kier molecular flexibility index (Phi) is 8.43. The minimum Gasteiger partial charge on any atom is -0.396 e. The summed E-state index contributed by atoms with van der Waals surface area (Å²) >= 11 is 0. The number of amides is 3. The summed E-state index contributed by atoms with van der Waals surface area (Å²) in [5.41, 5.74) is 1.66. The highest BCUT2D eigenvalue weighted by molar-refractivity contribution is 6.05. The van der Waals surface area contributed by atoms with E-state index in [1.165, 1.54) is 0 Å². The van der Waals surface area contributed by atoms with Gasteiger partial charge in [-0.2, -0.15) is 0 Å². The predicted molar refractivity (Wildman–Crippen MR) is 147 cm³/mol. The molecule has 1 aromatic rings. The lowest BCUT2D eigenvalue weighted by molar-refractivity contribution is -0.145. The van der Waals surface area contributed by atoms with Gasteiger partial charge in [-0.05, 0) is 56.7 Å². The molecule has 3 heterocycles. The number of rotatable bonds is 12. The van der Waals surface area contributed by atoms with Crippen LogP contribution in [0.5, 0.6) is 0 Å². The lowest BCUT2D eigenvalue weighted by Gasteiger charge is -2.37. The van der Waals surface area contributed by atoms with Crippen LogP contribution in [-0.2, 0) is 19.1 Å². The van der Waals surface area contributed by atoms with Crippen molar-refractivity contribution in [2.24, 2.45) is 11.8 Å². The van der Waals surface area contributed by atoms with Gasteiger partial charge < -0.3 is 24.5 Å². The molecule has 5 atom stereocenters. The van der Waals surface area contributed by atoms with Crippen molar-refractivity contribution in [1.82, 2.24) is 9.80 Å². The summed E-state index contributed by atoms with van der Waals surface area (Å²) in [4.78, 5) is 47.4. The Morgan fingerprint density at radius 3 is 2.61 bits per heavy atom. The number of fused-ring (bicyclic) bond motifs is 1. The van der Waals surface area contributed by atoms with E-state index in [1.54, 1.807) is 26.9 Å². The molecule has 1 N–H and O–H groups in total. The van der Waals surface area contributed by atoms with Crippen LogP contribution in [0, 0.1) is 25.7 Å². The Morgan fingerprint density at radius 2 is 1.95 bits per heavy atom. The van der Waals surface area contributed by atoms with Gasteiger partial charge in [0.25, 0.3) is 5.91 Å². The topological polar surface area (TPSA) is 90.4 Å². The average molecular weight is 524 g/mol. The first kappa shape index (κ1) is 28.0. The van der Waals surface area contributed by atoms with E-state index in [0.29, 0.717) is 32.4 Å². The van der Waals surface area contributed by atoms with Gasteiger partial charge in [-0.1, -0.05) is 31.2 Å². The average Bonchev–Trinajstić information content (AvgIpc) is 3.54. The summed E-state index contributed by atoms with van der Waals surface area (Å²) in [5, 5.41) is 9.59. The van der Waals surface area contributed by atoms with Crippen LogP contribution in [0.25, 0.3) is 0 Å². The Hall–Kier alpha value is -2.97. The van der Waals surface area contributed by atoms with Gasteiger partial charge in [0.15, 0.2) is 0 Å². The largest absolute Gasteiger partial charge is 0.396 e. The van der Waals surface area contributed by atoms with Crippen LogP contribution in [0.3, 0.4) is 0 Å². The summed E-state index contributed by atoms with van der Waals surface area (Å²) in [6.07, 6.45) is 5.27. The summed E-state index contributed by atoms with van der Waals surface area (Å²) in [6.45, 7) is 15.0. The van der Waals surface area contributed by atoms with Crippen LogP contribution in [0.4, 0.5) is 5.69 Å². The number of likely N-dealkylation sites (tertiary alicyclic amines) is 1. The van der Waals surface area contributed by atoms with Crippen LogP contribution in [0.1, 0.15) is 43.7 Å². The fourth-order valence-electron chi connectivity index (χ4n) is 6.72. The highest BCUT2D eigenvalue weighted by atomic mass is 16.5. The third kappa shape index (κ3) is 4.58.